The molecule has 0 aromatic rings. The van der Waals surface area contributed by atoms with E-state index in [1.165, 1.54) is 0 Å². The number of ether oxygens (including phenoxy) is 1. The number of nitrogens with zero attached hydrogens (tertiary/aromatic N) is 1. The number of hydrogen-bond acceptors (Lipinski definition) is 2. The molecule has 0 spiro atoms. The van der Waals surface area contributed by atoms with Gasteiger partial charge in [0, 0.05) is 12.1 Å². The lowest BCUT2D eigenvalue weighted by Crippen LogP contribution is -2.44. The zero-order valence-electron chi connectivity index (χ0n) is 9.45. The molecular formula is C12H20NO2. The molecule has 2 atom stereocenters. The van der Waals surface area contributed by atoms with E-state index in [1.807, 2.05) is 4.90 Å². The van der Waals surface area contributed by atoms with Crippen molar-refractivity contribution < 1.29 is 9.53 Å². The maximum absolute atomic E-state index is 11.8. The second-order valence-corrected chi connectivity index (χ2v) is 4.52. The smallest absolute Gasteiger partial charge is 0.410 e. The first-order chi connectivity index (χ1) is 7.33. The lowest BCUT2D eigenvalue weighted by atomic mass is 10.0. The minimum atomic E-state index is -0.0796. The molecule has 2 aliphatic rings. The molecule has 1 radical (unpaired) electrons. The van der Waals surface area contributed by atoms with Crippen molar-refractivity contribution in [2.75, 3.05) is 6.61 Å². The quantitative estimate of drug-likeness (QED) is 0.670. The average molecular weight is 210 g/mol. The highest BCUT2D eigenvalue weighted by Gasteiger charge is 2.40. The minimum absolute atomic E-state index is 0.0796. The highest BCUT2D eigenvalue weighted by Crippen LogP contribution is 2.35. The molecule has 2 rings (SSSR count). The van der Waals surface area contributed by atoms with Crippen molar-refractivity contribution in [3.8, 4) is 0 Å². The van der Waals surface area contributed by atoms with Gasteiger partial charge >= 0.3 is 6.09 Å². The summed E-state index contributed by atoms with van der Waals surface area (Å²) >= 11 is 0. The highest BCUT2D eigenvalue weighted by atomic mass is 16.6. The molecule has 0 aliphatic carbocycles. The van der Waals surface area contributed by atoms with Crippen LogP contribution in [0.2, 0.25) is 0 Å². The van der Waals surface area contributed by atoms with E-state index in [4.69, 9.17) is 4.74 Å². The number of piperidine rings is 1. The summed E-state index contributed by atoms with van der Waals surface area (Å²) in [5, 5.41) is 0. The van der Waals surface area contributed by atoms with Crippen LogP contribution in [0.1, 0.15) is 45.4 Å². The fraction of sp³-hybridized carbons (Fsp3) is 0.833. The fourth-order valence-electron chi connectivity index (χ4n) is 2.58. The van der Waals surface area contributed by atoms with Crippen molar-refractivity contribution in [3.05, 3.63) is 6.42 Å². The molecule has 0 aromatic carbocycles. The normalized spacial score (nSPS) is 29.3. The number of rotatable bonds is 3. The van der Waals surface area contributed by atoms with Gasteiger partial charge in [0.2, 0.25) is 0 Å². The Balaban J connectivity index is 1.84. The van der Waals surface area contributed by atoms with E-state index in [9.17, 15) is 4.79 Å². The first kappa shape index (κ1) is 10.8. The van der Waals surface area contributed by atoms with Crippen LogP contribution >= 0.6 is 0 Å². The van der Waals surface area contributed by atoms with Crippen LogP contribution in [0.3, 0.4) is 0 Å². The third-order valence-electron chi connectivity index (χ3n) is 3.43. The first-order valence-electron chi connectivity index (χ1n) is 6.09. The number of carbonyl (C=O) groups excluding carboxylic acids is 1. The molecule has 3 heteroatoms. The monoisotopic (exact) mass is 210 g/mol. The van der Waals surface area contributed by atoms with Crippen molar-refractivity contribution in [1.29, 1.82) is 0 Å². The molecule has 85 valence electrons. The predicted molar refractivity (Wildman–Crippen MR) is 58.4 cm³/mol. The molecule has 3 nitrogen and oxygen atoms in total. The van der Waals surface area contributed by atoms with Crippen LogP contribution in [-0.4, -0.2) is 29.7 Å². The van der Waals surface area contributed by atoms with Gasteiger partial charge in [0.05, 0.1) is 6.61 Å². The van der Waals surface area contributed by atoms with Crippen molar-refractivity contribution in [1.82, 2.24) is 4.90 Å². The molecule has 0 saturated carbocycles. The summed E-state index contributed by atoms with van der Waals surface area (Å²) in [5.41, 5.74) is 0. The molecule has 2 aliphatic heterocycles. The Hall–Kier alpha value is -0.730. The van der Waals surface area contributed by atoms with Crippen LogP contribution in [-0.2, 0) is 4.74 Å². The zero-order valence-corrected chi connectivity index (χ0v) is 9.45. The molecule has 2 unspecified atom stereocenters. The SMILES string of the molecule is CCCCOC(=O)N1C2C[CH]CC1CC2. The van der Waals surface area contributed by atoms with Gasteiger partial charge in [-0.1, -0.05) is 13.3 Å². The third-order valence-corrected chi connectivity index (χ3v) is 3.43. The standard InChI is InChI=1S/C12H20NO2/c1-2-3-9-15-12(14)13-10-5-4-6-11(13)8-7-10/h4,10-11H,2-3,5-9H2,1H3. The topological polar surface area (TPSA) is 29.5 Å². The van der Waals surface area contributed by atoms with Gasteiger partial charge in [-0.3, -0.25) is 0 Å². The van der Waals surface area contributed by atoms with E-state index in [0.29, 0.717) is 18.7 Å². The Kier molecular flexibility index (Phi) is 3.49. The van der Waals surface area contributed by atoms with Crippen LogP contribution in [0.5, 0.6) is 0 Å². The second-order valence-electron chi connectivity index (χ2n) is 4.52. The molecule has 2 heterocycles. The molecule has 15 heavy (non-hydrogen) atoms. The number of carbonyl (C=O) groups is 1. The van der Waals surface area contributed by atoms with Gasteiger partial charge in [-0.05, 0) is 38.5 Å². The minimum Gasteiger partial charge on any atom is -0.449 e. The van der Waals surface area contributed by atoms with Crippen LogP contribution < -0.4 is 0 Å². The number of unbranched alkanes of at least 4 members (excludes halogenated alkanes) is 1. The Morgan fingerprint density at radius 2 is 2.07 bits per heavy atom. The maximum atomic E-state index is 11.8. The lowest BCUT2D eigenvalue weighted by Gasteiger charge is -2.33. The van der Waals surface area contributed by atoms with E-state index in [1.54, 1.807) is 0 Å². The maximum Gasteiger partial charge on any atom is 0.410 e. The largest absolute Gasteiger partial charge is 0.449 e. The molecule has 1 amide bonds. The van der Waals surface area contributed by atoms with Crippen molar-refractivity contribution in [3.63, 3.8) is 0 Å². The summed E-state index contributed by atoms with van der Waals surface area (Å²) in [5.74, 6) is 0. The number of fused-ring (bicyclic) bond motifs is 2. The predicted octanol–water partition coefficient (Wildman–Crippen LogP) is 2.75. The first-order valence-corrected chi connectivity index (χ1v) is 6.09. The number of amides is 1. The van der Waals surface area contributed by atoms with Crippen LogP contribution in [0, 0.1) is 6.42 Å². The van der Waals surface area contributed by atoms with Gasteiger partial charge in [0.25, 0.3) is 0 Å². The van der Waals surface area contributed by atoms with Crippen LogP contribution in [0.25, 0.3) is 0 Å². The van der Waals surface area contributed by atoms with E-state index >= 15 is 0 Å². The second kappa shape index (κ2) is 4.86. The Morgan fingerprint density at radius 3 is 2.67 bits per heavy atom. The lowest BCUT2D eigenvalue weighted by molar-refractivity contribution is 0.0758. The van der Waals surface area contributed by atoms with E-state index in [0.717, 1.165) is 38.5 Å². The summed E-state index contributed by atoms with van der Waals surface area (Å²) in [7, 11) is 0. The fourth-order valence-corrected chi connectivity index (χ4v) is 2.58. The van der Waals surface area contributed by atoms with Gasteiger partial charge in [0.1, 0.15) is 0 Å². The Morgan fingerprint density at radius 1 is 1.40 bits per heavy atom. The summed E-state index contributed by atoms with van der Waals surface area (Å²) in [4.78, 5) is 13.8. The average Bonchev–Trinajstić information content (AvgIpc) is 2.49. The van der Waals surface area contributed by atoms with Crippen molar-refractivity contribution >= 4 is 6.09 Å². The molecule has 0 aromatic heterocycles. The Bertz CT molecular complexity index is 214. The van der Waals surface area contributed by atoms with E-state index in [-0.39, 0.29) is 6.09 Å². The summed E-state index contributed by atoms with van der Waals surface area (Å²) in [6.07, 6.45) is 8.71. The van der Waals surface area contributed by atoms with Crippen molar-refractivity contribution in [2.24, 2.45) is 0 Å². The third kappa shape index (κ3) is 2.27. The van der Waals surface area contributed by atoms with Gasteiger partial charge in [0.15, 0.2) is 0 Å². The van der Waals surface area contributed by atoms with Crippen LogP contribution in [0.15, 0.2) is 0 Å². The van der Waals surface area contributed by atoms with Crippen molar-refractivity contribution in [2.45, 2.75) is 57.5 Å². The van der Waals surface area contributed by atoms with Gasteiger partial charge < -0.3 is 9.64 Å². The number of hydrogen-bond donors (Lipinski definition) is 0. The molecular weight excluding hydrogens is 190 g/mol. The van der Waals surface area contributed by atoms with Crippen LogP contribution in [0.4, 0.5) is 4.79 Å². The highest BCUT2D eigenvalue weighted by molar-refractivity contribution is 5.69. The molecule has 2 fully saturated rings. The van der Waals surface area contributed by atoms with E-state index < -0.39 is 0 Å². The summed E-state index contributed by atoms with van der Waals surface area (Å²) in [6.45, 7) is 2.68. The molecule has 2 bridgehead atoms. The molecule has 2 saturated heterocycles. The Labute approximate surface area is 91.8 Å². The van der Waals surface area contributed by atoms with Gasteiger partial charge in [-0.2, -0.15) is 0 Å². The van der Waals surface area contributed by atoms with Gasteiger partial charge in [-0.15, -0.1) is 0 Å². The molecule has 0 N–H and O–H groups in total. The van der Waals surface area contributed by atoms with E-state index in [2.05, 4.69) is 13.3 Å². The summed E-state index contributed by atoms with van der Waals surface area (Å²) in [6, 6.07) is 0.857. The zero-order chi connectivity index (χ0) is 10.7. The van der Waals surface area contributed by atoms with Gasteiger partial charge in [-0.25, -0.2) is 4.79 Å². The summed E-state index contributed by atoms with van der Waals surface area (Å²) < 4.78 is 5.28.